The molecular formula is C18H20F2N6. The maximum atomic E-state index is 14.1. The summed E-state index contributed by atoms with van der Waals surface area (Å²) < 4.78 is 29.9. The number of benzene rings is 1. The van der Waals surface area contributed by atoms with Crippen LogP contribution in [-0.4, -0.2) is 50.7 Å². The molecule has 0 N–H and O–H groups in total. The molecular weight excluding hydrogens is 338 g/mol. The predicted molar refractivity (Wildman–Crippen MR) is 94.1 cm³/mol. The second-order valence-corrected chi connectivity index (χ2v) is 6.56. The first-order chi connectivity index (χ1) is 12.5. The minimum absolute atomic E-state index is 0.138. The summed E-state index contributed by atoms with van der Waals surface area (Å²) in [6.07, 6.45) is 1.49. The van der Waals surface area contributed by atoms with Crippen LogP contribution in [0, 0.1) is 18.6 Å². The molecule has 1 saturated heterocycles. The highest BCUT2D eigenvalue weighted by molar-refractivity contribution is 5.47. The van der Waals surface area contributed by atoms with Gasteiger partial charge in [0.15, 0.2) is 0 Å². The maximum absolute atomic E-state index is 14.1. The van der Waals surface area contributed by atoms with E-state index in [1.54, 1.807) is 4.52 Å². The van der Waals surface area contributed by atoms with Crippen molar-refractivity contribution < 1.29 is 8.78 Å². The van der Waals surface area contributed by atoms with Gasteiger partial charge in [-0.2, -0.15) is 14.6 Å². The number of rotatable bonds is 3. The lowest BCUT2D eigenvalue weighted by atomic mass is 10.0. The van der Waals surface area contributed by atoms with Crippen molar-refractivity contribution in [2.24, 2.45) is 0 Å². The number of hydrogen-bond donors (Lipinski definition) is 0. The van der Waals surface area contributed by atoms with Crippen LogP contribution in [0.15, 0.2) is 30.6 Å². The Kier molecular flexibility index (Phi) is 4.28. The molecule has 8 heteroatoms. The number of fused-ring (bicyclic) bond motifs is 1. The lowest BCUT2D eigenvalue weighted by Crippen LogP contribution is -2.48. The van der Waals surface area contributed by atoms with Crippen LogP contribution in [-0.2, 0) is 0 Å². The topological polar surface area (TPSA) is 49.6 Å². The van der Waals surface area contributed by atoms with Crippen LogP contribution in [0.3, 0.4) is 0 Å². The number of hydrogen-bond acceptors (Lipinski definition) is 5. The average molecular weight is 358 g/mol. The summed E-state index contributed by atoms with van der Waals surface area (Å²) in [5.41, 5.74) is 1.02. The number of anilines is 1. The first kappa shape index (κ1) is 16.8. The van der Waals surface area contributed by atoms with Crippen molar-refractivity contribution in [2.75, 3.05) is 31.1 Å². The Bertz CT molecular complexity index is 912. The summed E-state index contributed by atoms with van der Waals surface area (Å²) in [6.45, 7) is 6.65. The van der Waals surface area contributed by atoms with Gasteiger partial charge in [-0.15, -0.1) is 0 Å². The second-order valence-electron chi connectivity index (χ2n) is 6.56. The molecule has 0 bridgehead atoms. The van der Waals surface area contributed by atoms with Gasteiger partial charge in [0.25, 0.3) is 5.78 Å². The number of aromatic nitrogens is 4. The lowest BCUT2D eigenvalue weighted by molar-refractivity contribution is 0.190. The molecule has 2 aromatic heterocycles. The van der Waals surface area contributed by atoms with Gasteiger partial charge in [-0.05, 0) is 26.0 Å². The van der Waals surface area contributed by atoms with E-state index in [2.05, 4.69) is 24.9 Å². The molecule has 1 aliphatic rings. The smallest absolute Gasteiger partial charge is 0.254 e. The van der Waals surface area contributed by atoms with Gasteiger partial charge < -0.3 is 4.90 Å². The lowest BCUT2D eigenvalue weighted by Gasteiger charge is -2.39. The molecule has 1 unspecified atom stereocenters. The fourth-order valence-corrected chi connectivity index (χ4v) is 3.57. The van der Waals surface area contributed by atoms with E-state index >= 15 is 0 Å². The fraction of sp³-hybridized carbons (Fsp3) is 0.389. The SMILES string of the molecule is Cc1cc(N2CCN(C(C)c3c(F)cccc3F)CC2)n2ncnc2n1. The molecule has 0 aliphatic carbocycles. The Balaban J connectivity index is 1.53. The highest BCUT2D eigenvalue weighted by Crippen LogP contribution is 2.27. The van der Waals surface area contributed by atoms with Crippen LogP contribution in [0.4, 0.5) is 14.6 Å². The normalized spacial score (nSPS) is 17.0. The summed E-state index contributed by atoms with van der Waals surface area (Å²) in [7, 11) is 0. The third-order valence-corrected chi connectivity index (χ3v) is 4.96. The average Bonchev–Trinajstić information content (AvgIpc) is 3.09. The van der Waals surface area contributed by atoms with Gasteiger partial charge in [0.2, 0.25) is 0 Å². The van der Waals surface area contributed by atoms with Crippen molar-refractivity contribution in [3.8, 4) is 0 Å². The zero-order chi connectivity index (χ0) is 18.3. The van der Waals surface area contributed by atoms with E-state index in [9.17, 15) is 8.78 Å². The van der Waals surface area contributed by atoms with Crippen molar-refractivity contribution >= 4 is 11.6 Å². The molecule has 1 fully saturated rings. The molecule has 1 atom stereocenters. The minimum Gasteiger partial charge on any atom is -0.354 e. The second kappa shape index (κ2) is 6.60. The summed E-state index contributed by atoms with van der Waals surface area (Å²) in [6, 6.07) is 5.69. The Morgan fingerprint density at radius 1 is 1.08 bits per heavy atom. The first-order valence-electron chi connectivity index (χ1n) is 8.65. The molecule has 3 aromatic rings. The van der Waals surface area contributed by atoms with E-state index in [-0.39, 0.29) is 11.6 Å². The third kappa shape index (κ3) is 2.90. The number of nitrogens with zero attached hydrogens (tertiary/aromatic N) is 6. The molecule has 26 heavy (non-hydrogen) atoms. The van der Waals surface area contributed by atoms with Gasteiger partial charge in [0, 0.05) is 49.5 Å². The molecule has 1 aromatic carbocycles. The third-order valence-electron chi connectivity index (χ3n) is 4.96. The van der Waals surface area contributed by atoms with Crippen LogP contribution >= 0.6 is 0 Å². The Morgan fingerprint density at radius 3 is 2.46 bits per heavy atom. The summed E-state index contributed by atoms with van der Waals surface area (Å²) >= 11 is 0. The van der Waals surface area contributed by atoms with E-state index < -0.39 is 11.6 Å². The van der Waals surface area contributed by atoms with E-state index in [0.29, 0.717) is 18.9 Å². The van der Waals surface area contributed by atoms with Crippen LogP contribution < -0.4 is 4.90 Å². The molecule has 0 spiro atoms. The molecule has 4 rings (SSSR count). The largest absolute Gasteiger partial charge is 0.354 e. The summed E-state index contributed by atoms with van der Waals surface area (Å²) in [4.78, 5) is 12.8. The molecule has 136 valence electrons. The van der Waals surface area contributed by atoms with Crippen LogP contribution in [0.2, 0.25) is 0 Å². The number of piperazine rings is 1. The number of halogens is 2. The Morgan fingerprint density at radius 2 is 1.77 bits per heavy atom. The zero-order valence-corrected chi connectivity index (χ0v) is 14.7. The quantitative estimate of drug-likeness (QED) is 0.720. The van der Waals surface area contributed by atoms with E-state index in [4.69, 9.17) is 0 Å². The molecule has 3 heterocycles. The van der Waals surface area contributed by atoms with Gasteiger partial charge in [-0.1, -0.05) is 6.07 Å². The first-order valence-corrected chi connectivity index (χ1v) is 8.65. The molecule has 0 amide bonds. The summed E-state index contributed by atoms with van der Waals surface area (Å²) in [5.74, 6) is 0.529. The molecule has 0 radical (unpaired) electrons. The Labute approximate surface area is 150 Å². The van der Waals surface area contributed by atoms with Gasteiger partial charge in [0.1, 0.15) is 23.8 Å². The van der Waals surface area contributed by atoms with E-state index in [0.717, 1.165) is 24.6 Å². The monoisotopic (exact) mass is 358 g/mol. The van der Waals surface area contributed by atoms with Crippen LogP contribution in [0.1, 0.15) is 24.2 Å². The van der Waals surface area contributed by atoms with Crippen LogP contribution in [0.25, 0.3) is 5.78 Å². The van der Waals surface area contributed by atoms with Crippen molar-refractivity contribution in [1.82, 2.24) is 24.5 Å². The summed E-state index contributed by atoms with van der Waals surface area (Å²) in [5, 5.41) is 4.25. The van der Waals surface area contributed by atoms with E-state index in [1.165, 1.54) is 24.5 Å². The van der Waals surface area contributed by atoms with Crippen molar-refractivity contribution in [3.05, 3.63) is 53.5 Å². The van der Waals surface area contributed by atoms with E-state index in [1.807, 2.05) is 19.9 Å². The minimum atomic E-state index is -0.492. The van der Waals surface area contributed by atoms with Crippen LogP contribution in [0.5, 0.6) is 0 Å². The highest BCUT2D eigenvalue weighted by atomic mass is 19.1. The van der Waals surface area contributed by atoms with Gasteiger partial charge in [-0.25, -0.2) is 13.8 Å². The maximum Gasteiger partial charge on any atom is 0.254 e. The van der Waals surface area contributed by atoms with Crippen molar-refractivity contribution in [2.45, 2.75) is 19.9 Å². The molecule has 0 saturated carbocycles. The van der Waals surface area contributed by atoms with Gasteiger partial charge in [-0.3, -0.25) is 4.90 Å². The fourth-order valence-electron chi connectivity index (χ4n) is 3.57. The van der Waals surface area contributed by atoms with Crippen molar-refractivity contribution in [3.63, 3.8) is 0 Å². The van der Waals surface area contributed by atoms with Gasteiger partial charge in [0.05, 0.1) is 0 Å². The Hall–Kier alpha value is -2.61. The molecule has 1 aliphatic heterocycles. The zero-order valence-electron chi connectivity index (χ0n) is 14.7. The predicted octanol–water partition coefficient (Wildman–Crippen LogP) is 2.59. The standard InChI is InChI=1S/C18H20F2N6/c1-12-10-16(26-18(23-12)21-11-22-26)25-8-6-24(7-9-25)13(2)17-14(19)4-3-5-15(17)20/h3-5,10-11,13H,6-9H2,1-2H3. The van der Waals surface area contributed by atoms with Gasteiger partial charge >= 0.3 is 0 Å². The van der Waals surface area contributed by atoms with Crippen molar-refractivity contribution in [1.29, 1.82) is 0 Å². The molecule has 6 nitrogen and oxygen atoms in total. The highest BCUT2D eigenvalue weighted by Gasteiger charge is 2.27. The number of aryl methyl sites for hydroxylation is 1.